The Balaban J connectivity index is 1.72. The van der Waals surface area contributed by atoms with Gasteiger partial charge in [0.2, 0.25) is 0 Å². The highest BCUT2D eigenvalue weighted by Gasteiger charge is 2.15. The van der Waals surface area contributed by atoms with Crippen LogP contribution in [0.4, 0.5) is 5.69 Å². The average Bonchev–Trinajstić information content (AvgIpc) is 3.19. The number of aromatic nitrogens is 1. The number of nitrogens with zero attached hydrogens (tertiary/aromatic N) is 2. The minimum Gasteiger partial charge on any atom is -0.506 e. The number of nitrogens with one attached hydrogen (secondary N) is 1. The number of hydrazone groups is 1. The van der Waals surface area contributed by atoms with E-state index in [0.717, 1.165) is 11.3 Å². The van der Waals surface area contributed by atoms with Crippen molar-refractivity contribution in [1.82, 2.24) is 4.98 Å². The van der Waals surface area contributed by atoms with Crippen molar-refractivity contribution in [2.45, 2.75) is 0 Å². The Morgan fingerprint density at radius 3 is 2.77 bits per heavy atom. The Morgan fingerprint density at radius 2 is 2.12 bits per heavy atom. The minimum atomic E-state index is -0.605. The van der Waals surface area contributed by atoms with E-state index in [0.29, 0.717) is 14.9 Å². The van der Waals surface area contributed by atoms with Crippen LogP contribution in [-0.2, 0) is 4.74 Å². The molecule has 2 aromatic carbocycles. The van der Waals surface area contributed by atoms with Crippen LogP contribution in [0.25, 0.3) is 11.3 Å². The van der Waals surface area contributed by atoms with E-state index < -0.39 is 5.97 Å². The molecule has 0 atom stereocenters. The van der Waals surface area contributed by atoms with Gasteiger partial charge < -0.3 is 14.3 Å². The number of hydrogen-bond acceptors (Lipinski definition) is 7. The number of methoxy groups -OCH3 is 1. The summed E-state index contributed by atoms with van der Waals surface area (Å²) < 4.78 is 10.4. The van der Waals surface area contributed by atoms with Gasteiger partial charge in [0.15, 0.2) is 12.2 Å². The molecule has 1 aromatic heterocycles. The number of hydrogen-bond donors (Lipinski definition) is 2. The van der Waals surface area contributed by atoms with Gasteiger partial charge >= 0.3 is 5.97 Å². The van der Waals surface area contributed by atoms with Crippen LogP contribution in [0.3, 0.4) is 0 Å². The zero-order valence-corrected chi connectivity index (χ0v) is 15.8. The number of aromatic hydroxyl groups is 1. The van der Waals surface area contributed by atoms with E-state index in [4.69, 9.17) is 4.42 Å². The number of phenolic OH excluding ortho intramolecular Hbond substituents is 1. The van der Waals surface area contributed by atoms with E-state index >= 15 is 0 Å². The minimum absolute atomic E-state index is 0.0947. The van der Waals surface area contributed by atoms with Crippen LogP contribution in [0.2, 0.25) is 0 Å². The number of ether oxygens (including phenoxy) is 1. The smallest absolute Gasteiger partial charge is 0.341 e. The van der Waals surface area contributed by atoms with Crippen LogP contribution in [0.1, 0.15) is 15.9 Å². The summed E-state index contributed by atoms with van der Waals surface area (Å²) in [6, 6.07) is 10.7. The number of rotatable bonds is 5. The average molecular weight is 463 g/mol. The second-order valence-electron chi connectivity index (χ2n) is 5.20. The predicted molar refractivity (Wildman–Crippen MR) is 105 cm³/mol. The van der Waals surface area contributed by atoms with Gasteiger partial charge in [-0.05, 0) is 64.6 Å². The lowest BCUT2D eigenvalue weighted by Crippen LogP contribution is -2.04. The lowest BCUT2D eigenvalue weighted by molar-refractivity contribution is 0.0597. The van der Waals surface area contributed by atoms with Crippen molar-refractivity contribution in [3.8, 4) is 17.1 Å². The lowest BCUT2D eigenvalue weighted by atomic mass is 10.1. The van der Waals surface area contributed by atoms with Crippen LogP contribution >= 0.6 is 22.6 Å². The maximum absolute atomic E-state index is 11.7. The van der Waals surface area contributed by atoms with Crippen LogP contribution in [-0.4, -0.2) is 29.4 Å². The van der Waals surface area contributed by atoms with Gasteiger partial charge in [0, 0.05) is 5.56 Å². The van der Waals surface area contributed by atoms with Crippen molar-refractivity contribution in [3.05, 3.63) is 63.7 Å². The molecule has 0 aliphatic rings. The summed E-state index contributed by atoms with van der Waals surface area (Å²) >= 11 is 1.94. The fourth-order valence-electron chi connectivity index (χ4n) is 2.21. The highest BCUT2D eigenvalue weighted by atomic mass is 127. The topological polar surface area (TPSA) is 97.0 Å². The maximum atomic E-state index is 11.7. The molecule has 0 unspecified atom stereocenters. The largest absolute Gasteiger partial charge is 0.506 e. The molecule has 0 aliphatic heterocycles. The molecule has 3 aromatic rings. The summed E-state index contributed by atoms with van der Waals surface area (Å²) in [5, 5.41) is 14.1. The van der Waals surface area contributed by atoms with Gasteiger partial charge in [-0.25, -0.2) is 9.78 Å². The zero-order chi connectivity index (χ0) is 18.5. The zero-order valence-electron chi connectivity index (χ0n) is 13.6. The van der Waals surface area contributed by atoms with Crippen molar-refractivity contribution in [3.63, 3.8) is 0 Å². The van der Waals surface area contributed by atoms with Crippen LogP contribution in [0.5, 0.6) is 5.75 Å². The number of oxazole rings is 1. The third kappa shape index (κ3) is 4.02. The Kier molecular flexibility index (Phi) is 5.52. The lowest BCUT2D eigenvalue weighted by Gasteiger charge is -2.06. The van der Waals surface area contributed by atoms with Crippen molar-refractivity contribution < 1.29 is 19.1 Å². The summed E-state index contributed by atoms with van der Waals surface area (Å²) in [5.74, 6) is -0.0220. The predicted octanol–water partition coefficient (Wildman–Crippen LogP) is 3.88. The molecule has 2 N–H and O–H groups in total. The van der Waals surface area contributed by atoms with E-state index in [1.807, 2.05) is 46.9 Å². The molecule has 0 spiro atoms. The van der Waals surface area contributed by atoms with Gasteiger partial charge in [0.1, 0.15) is 11.3 Å². The Labute approximate surface area is 162 Å². The quantitative estimate of drug-likeness (QED) is 0.258. The second-order valence-corrected chi connectivity index (χ2v) is 6.37. The van der Waals surface area contributed by atoms with Gasteiger partial charge in [-0.1, -0.05) is 0 Å². The second kappa shape index (κ2) is 8.00. The molecule has 0 aliphatic carbocycles. The molecule has 0 radical (unpaired) electrons. The summed E-state index contributed by atoms with van der Waals surface area (Å²) in [5.41, 5.74) is 5.34. The number of carbonyl (C=O) groups is 1. The normalized spacial score (nSPS) is 10.8. The molecule has 8 heteroatoms. The first kappa shape index (κ1) is 17.9. The fourth-order valence-corrected chi connectivity index (χ4v) is 2.86. The monoisotopic (exact) mass is 463 g/mol. The molecule has 0 fully saturated rings. The first-order valence-corrected chi connectivity index (χ1v) is 8.55. The Morgan fingerprint density at radius 1 is 1.35 bits per heavy atom. The molecule has 0 amide bonds. The van der Waals surface area contributed by atoms with Gasteiger partial charge in [0.25, 0.3) is 0 Å². The molecule has 1 heterocycles. The Bertz CT molecular complexity index is 938. The standard InChI is InChI=1S/C18H14IN3O4/c1-25-18(24)14-6-11(7-15(19)17(14)23)8-21-22-13-4-2-12(3-5-13)16-9-20-10-26-16/h2-10,22-23H,1H3. The van der Waals surface area contributed by atoms with Crippen molar-refractivity contribution in [1.29, 1.82) is 0 Å². The molecule has 0 saturated carbocycles. The summed E-state index contributed by atoms with van der Waals surface area (Å²) in [4.78, 5) is 15.6. The number of carbonyl (C=O) groups excluding carboxylic acids is 1. The summed E-state index contributed by atoms with van der Waals surface area (Å²) in [7, 11) is 1.26. The Hall–Kier alpha value is -2.88. The molecular weight excluding hydrogens is 449 g/mol. The SMILES string of the molecule is COC(=O)c1cc(C=NNc2ccc(-c3cnco3)cc2)cc(I)c1O. The van der Waals surface area contributed by atoms with Crippen molar-refractivity contribution >= 4 is 40.5 Å². The van der Waals surface area contributed by atoms with E-state index in [1.54, 1.807) is 18.5 Å². The van der Waals surface area contributed by atoms with E-state index in [1.165, 1.54) is 19.6 Å². The number of benzene rings is 2. The van der Waals surface area contributed by atoms with E-state index in [2.05, 4.69) is 20.2 Å². The van der Waals surface area contributed by atoms with Crippen LogP contribution in [0.15, 0.2) is 58.5 Å². The molecule has 7 nitrogen and oxygen atoms in total. The molecule has 132 valence electrons. The molecule has 26 heavy (non-hydrogen) atoms. The van der Waals surface area contributed by atoms with Crippen LogP contribution in [0, 0.1) is 3.57 Å². The fraction of sp³-hybridized carbons (Fsp3) is 0.0556. The van der Waals surface area contributed by atoms with Gasteiger partial charge in [-0.15, -0.1) is 0 Å². The number of halogens is 1. The number of anilines is 1. The van der Waals surface area contributed by atoms with E-state index in [-0.39, 0.29) is 11.3 Å². The van der Waals surface area contributed by atoms with Crippen LogP contribution < -0.4 is 5.43 Å². The molecule has 3 rings (SSSR count). The molecule has 0 saturated heterocycles. The number of esters is 1. The van der Waals surface area contributed by atoms with Crippen molar-refractivity contribution in [2.24, 2.45) is 5.10 Å². The first-order valence-electron chi connectivity index (χ1n) is 7.47. The highest BCUT2D eigenvalue weighted by Crippen LogP contribution is 2.26. The molecular formula is C18H14IN3O4. The molecule has 0 bridgehead atoms. The van der Waals surface area contributed by atoms with Crippen molar-refractivity contribution in [2.75, 3.05) is 12.5 Å². The van der Waals surface area contributed by atoms with Gasteiger partial charge in [-0.2, -0.15) is 5.10 Å². The summed E-state index contributed by atoms with van der Waals surface area (Å²) in [6.07, 6.45) is 4.58. The third-order valence-electron chi connectivity index (χ3n) is 3.50. The first-order chi connectivity index (χ1) is 12.6. The summed E-state index contributed by atoms with van der Waals surface area (Å²) in [6.45, 7) is 0. The highest BCUT2D eigenvalue weighted by molar-refractivity contribution is 14.1. The van der Waals surface area contributed by atoms with E-state index in [9.17, 15) is 9.90 Å². The van der Waals surface area contributed by atoms with Gasteiger partial charge in [-0.3, -0.25) is 5.43 Å². The third-order valence-corrected chi connectivity index (χ3v) is 4.32. The maximum Gasteiger partial charge on any atom is 0.341 e. The van der Waals surface area contributed by atoms with Gasteiger partial charge in [0.05, 0.1) is 28.8 Å². The number of phenols is 1.